The van der Waals surface area contributed by atoms with Crippen molar-refractivity contribution in [3.8, 4) is 6.57 Å². The molecule has 0 aromatic heterocycles. The van der Waals surface area contributed by atoms with Crippen LogP contribution in [-0.4, -0.2) is 12.8 Å². The van der Waals surface area contributed by atoms with Crippen LogP contribution in [0.5, 0.6) is 0 Å². The van der Waals surface area contributed by atoms with E-state index in [1.165, 1.54) is 16.7 Å². The fourth-order valence-corrected chi connectivity index (χ4v) is 2.89. The number of anilines is 1. The second-order valence-corrected chi connectivity index (χ2v) is 6.21. The van der Waals surface area contributed by atoms with Crippen LogP contribution in [0.2, 0.25) is 0 Å². The zero-order valence-electron chi connectivity index (χ0n) is 22.2. The Labute approximate surface area is 199 Å². The first-order valence-electron chi connectivity index (χ1n) is 11.8. The average molecular weight is 438 g/mol. The molecule has 0 fully saturated rings. The maximum atomic E-state index is 6.50. The van der Waals surface area contributed by atoms with Crippen LogP contribution in [0.15, 0.2) is 76.5 Å². The summed E-state index contributed by atoms with van der Waals surface area (Å²) in [6, 6.07) is 8.71. The van der Waals surface area contributed by atoms with Gasteiger partial charge in [-0.25, -0.2) is 5.26 Å². The number of nitriles is 1. The molecule has 1 aromatic carbocycles. The number of nitrogens with one attached hydrogen (secondary N) is 1. The van der Waals surface area contributed by atoms with Gasteiger partial charge in [-0.2, -0.15) is 0 Å². The van der Waals surface area contributed by atoms with Crippen LogP contribution in [-0.2, 0) is 0 Å². The zero-order valence-corrected chi connectivity index (χ0v) is 22.2. The van der Waals surface area contributed by atoms with Gasteiger partial charge in [-0.05, 0) is 64.3 Å². The van der Waals surface area contributed by atoms with Crippen molar-refractivity contribution >= 4 is 11.9 Å². The fraction of sp³-hybridized carbons (Fsp3) is 0.448. The molecule has 32 heavy (non-hydrogen) atoms. The minimum absolute atomic E-state index is 0.104. The molecule has 0 bridgehead atoms. The van der Waals surface area contributed by atoms with Crippen molar-refractivity contribution in [1.82, 2.24) is 0 Å². The first-order valence-corrected chi connectivity index (χ1v) is 11.8. The molecule has 0 aliphatic rings. The molecule has 0 aliphatic carbocycles. The van der Waals surface area contributed by atoms with Gasteiger partial charge in [0, 0.05) is 30.7 Å². The summed E-state index contributed by atoms with van der Waals surface area (Å²) in [4.78, 5) is 4.68. The van der Waals surface area contributed by atoms with E-state index in [0.29, 0.717) is 0 Å². The lowest BCUT2D eigenvalue weighted by Gasteiger charge is -2.23. The predicted octanol–water partition coefficient (Wildman–Crippen LogP) is 9.25. The highest BCUT2D eigenvalue weighted by Crippen LogP contribution is 2.37. The number of hydrogen-bond donors (Lipinski definition) is 1. The summed E-state index contributed by atoms with van der Waals surface area (Å²) >= 11 is 0. The summed E-state index contributed by atoms with van der Waals surface area (Å²) in [6.45, 7) is 25.0. The molecule has 0 aliphatic heterocycles. The summed E-state index contributed by atoms with van der Waals surface area (Å²) in [5.41, 5.74) is 6.02. The van der Waals surface area contributed by atoms with E-state index in [4.69, 9.17) is 5.26 Å². The zero-order chi connectivity index (χ0) is 25.4. The Hall–Kier alpha value is -2.86. The minimum atomic E-state index is 0.104. The standard InChI is InChI=1S/C24H34N2.2C2H6.CHN/c1-7-12-16-22(19(6)9-3)24(23(10-4)25-11-5)20-14-13-15-21(18-20)26-17-8-2;3*1-2/h7,9-16,18,24,26H,8,17H2,1-6H3;2*1-2H3;1H/b12-7-,19-9+,22-16+,23-10-,25-11?;;;. The van der Waals surface area contributed by atoms with E-state index in [0.717, 1.165) is 24.4 Å². The Kier molecular flexibility index (Phi) is 25.8. The molecule has 3 heteroatoms. The van der Waals surface area contributed by atoms with E-state index in [9.17, 15) is 0 Å². The molecule has 1 N–H and O–H groups in total. The topological polar surface area (TPSA) is 48.2 Å². The van der Waals surface area contributed by atoms with Crippen molar-refractivity contribution in [3.63, 3.8) is 0 Å². The monoisotopic (exact) mass is 437 g/mol. The van der Waals surface area contributed by atoms with E-state index in [1.54, 1.807) is 0 Å². The molecule has 0 saturated carbocycles. The number of hydrogen-bond acceptors (Lipinski definition) is 3. The number of allylic oxidation sites excluding steroid dienone is 7. The van der Waals surface area contributed by atoms with Gasteiger partial charge < -0.3 is 5.32 Å². The van der Waals surface area contributed by atoms with Crippen molar-refractivity contribution in [2.45, 2.75) is 81.6 Å². The van der Waals surface area contributed by atoms with E-state index >= 15 is 0 Å². The largest absolute Gasteiger partial charge is 0.385 e. The van der Waals surface area contributed by atoms with Gasteiger partial charge in [0.1, 0.15) is 0 Å². The number of nitrogens with zero attached hydrogens (tertiary/aromatic N) is 2. The molecule has 0 saturated heterocycles. The van der Waals surface area contributed by atoms with Gasteiger partial charge in [0.25, 0.3) is 0 Å². The highest BCUT2D eigenvalue weighted by atomic mass is 14.9. The quantitative estimate of drug-likeness (QED) is 0.309. The molecule has 0 spiro atoms. The lowest BCUT2D eigenvalue weighted by Crippen LogP contribution is -2.08. The van der Waals surface area contributed by atoms with Gasteiger partial charge >= 0.3 is 0 Å². The highest BCUT2D eigenvalue weighted by molar-refractivity contribution is 5.59. The number of aliphatic imine (C=N–C) groups is 1. The van der Waals surface area contributed by atoms with Crippen LogP contribution in [0.25, 0.3) is 0 Å². The summed E-state index contributed by atoms with van der Waals surface area (Å²) in [6.07, 6.45) is 13.7. The van der Waals surface area contributed by atoms with Crippen LogP contribution < -0.4 is 5.32 Å². The molecule has 1 rings (SSSR count). The van der Waals surface area contributed by atoms with Crippen LogP contribution in [0.3, 0.4) is 0 Å². The lowest BCUT2D eigenvalue weighted by atomic mass is 9.83. The predicted molar refractivity (Wildman–Crippen MR) is 148 cm³/mol. The lowest BCUT2D eigenvalue weighted by molar-refractivity contribution is 0.905. The van der Waals surface area contributed by atoms with Crippen LogP contribution in [0, 0.1) is 11.8 Å². The summed E-state index contributed by atoms with van der Waals surface area (Å²) in [7, 11) is 0. The van der Waals surface area contributed by atoms with Crippen LogP contribution in [0.4, 0.5) is 5.69 Å². The normalized spacial score (nSPS) is 12.7. The maximum Gasteiger partial charge on any atom is 0.0512 e. The van der Waals surface area contributed by atoms with Crippen LogP contribution >= 0.6 is 0 Å². The van der Waals surface area contributed by atoms with E-state index in [2.05, 4.69) is 99.2 Å². The first-order chi connectivity index (χ1) is 15.6. The van der Waals surface area contributed by atoms with Gasteiger partial charge in [0.2, 0.25) is 0 Å². The highest BCUT2D eigenvalue weighted by Gasteiger charge is 2.21. The molecule has 1 aromatic rings. The second-order valence-electron chi connectivity index (χ2n) is 6.21. The summed E-state index contributed by atoms with van der Waals surface area (Å²) < 4.78 is 0. The second kappa shape index (κ2) is 24.4. The van der Waals surface area contributed by atoms with Crippen molar-refractivity contribution in [2.24, 2.45) is 4.99 Å². The smallest absolute Gasteiger partial charge is 0.0512 e. The minimum Gasteiger partial charge on any atom is -0.385 e. The van der Waals surface area contributed by atoms with E-state index in [1.807, 2.05) is 47.8 Å². The molecule has 0 radical (unpaired) electrons. The molecular weight excluding hydrogens is 390 g/mol. The number of benzene rings is 1. The van der Waals surface area contributed by atoms with Gasteiger partial charge in [0.15, 0.2) is 0 Å². The Morgan fingerprint density at radius 1 is 1.06 bits per heavy atom. The van der Waals surface area contributed by atoms with Gasteiger partial charge in [-0.3, -0.25) is 4.99 Å². The SMILES string of the molecule is C#N.CC.CC.CC=N/C(=C\C)C(C(=C/C=C\C)/C(C)=C/C)c1cccc(NCCC)c1. The first kappa shape index (κ1) is 33.8. The Bertz CT molecular complexity index is 747. The molecule has 178 valence electrons. The molecule has 1 unspecified atom stereocenters. The van der Waals surface area contributed by atoms with E-state index < -0.39 is 0 Å². The van der Waals surface area contributed by atoms with E-state index in [-0.39, 0.29) is 5.92 Å². The van der Waals surface area contributed by atoms with Crippen molar-refractivity contribution < 1.29 is 0 Å². The third kappa shape index (κ3) is 12.7. The van der Waals surface area contributed by atoms with Crippen molar-refractivity contribution in [1.29, 1.82) is 5.26 Å². The third-order valence-corrected chi connectivity index (χ3v) is 4.34. The van der Waals surface area contributed by atoms with Crippen molar-refractivity contribution in [2.75, 3.05) is 11.9 Å². The summed E-state index contributed by atoms with van der Waals surface area (Å²) in [5.74, 6) is 0.104. The van der Waals surface area contributed by atoms with Gasteiger partial charge in [0.05, 0.1) is 5.92 Å². The maximum absolute atomic E-state index is 6.50. The Balaban J connectivity index is -0.00000129. The van der Waals surface area contributed by atoms with Gasteiger partial charge in [-0.15, -0.1) is 0 Å². The molecule has 1 atom stereocenters. The fourth-order valence-electron chi connectivity index (χ4n) is 2.89. The molecule has 3 nitrogen and oxygen atoms in total. The molecule has 0 amide bonds. The summed E-state index contributed by atoms with van der Waals surface area (Å²) in [5, 5.41) is 10.00. The van der Waals surface area contributed by atoms with Crippen LogP contribution in [0.1, 0.15) is 87.1 Å². The Morgan fingerprint density at radius 2 is 1.69 bits per heavy atom. The Morgan fingerprint density at radius 3 is 2.16 bits per heavy atom. The van der Waals surface area contributed by atoms with Crippen molar-refractivity contribution in [3.05, 3.63) is 77.1 Å². The average Bonchev–Trinajstić information content (AvgIpc) is 2.87. The number of rotatable bonds is 9. The molecule has 0 heterocycles. The van der Waals surface area contributed by atoms with Gasteiger partial charge in [-0.1, -0.05) is 82.7 Å². The molecular formula is C29H47N3. The third-order valence-electron chi connectivity index (χ3n) is 4.34.